The minimum absolute atomic E-state index is 0.465. The quantitative estimate of drug-likeness (QED) is 0.830. The monoisotopic (exact) mass is 252 g/mol. The average Bonchev–Trinajstić information content (AvgIpc) is 2.57. The van der Waals surface area contributed by atoms with E-state index in [0.717, 1.165) is 5.92 Å². The Kier molecular flexibility index (Phi) is 4.08. The molecule has 1 saturated carbocycles. The number of likely N-dealkylation sites (tertiary alicyclic amines) is 1. The van der Waals surface area contributed by atoms with Crippen molar-refractivity contribution in [1.29, 1.82) is 0 Å². The van der Waals surface area contributed by atoms with Gasteiger partial charge in [0.2, 0.25) is 0 Å². The van der Waals surface area contributed by atoms with Gasteiger partial charge in [-0.05, 0) is 49.6 Å². The van der Waals surface area contributed by atoms with Crippen LogP contribution in [0.4, 0.5) is 0 Å². The van der Waals surface area contributed by atoms with Crippen LogP contribution in [-0.2, 0) is 0 Å². The zero-order chi connectivity index (χ0) is 13.4. The lowest BCUT2D eigenvalue weighted by Crippen LogP contribution is -2.51. The molecule has 2 rings (SSSR count). The van der Waals surface area contributed by atoms with E-state index in [1.807, 2.05) is 0 Å². The highest BCUT2D eigenvalue weighted by atomic mass is 15.2. The molecule has 2 atom stereocenters. The van der Waals surface area contributed by atoms with Gasteiger partial charge in [0.15, 0.2) is 0 Å². The Morgan fingerprint density at radius 2 is 1.89 bits per heavy atom. The van der Waals surface area contributed by atoms with Crippen LogP contribution in [0.15, 0.2) is 0 Å². The highest BCUT2D eigenvalue weighted by molar-refractivity contribution is 4.95. The van der Waals surface area contributed by atoms with Crippen LogP contribution in [0, 0.1) is 16.7 Å². The maximum Gasteiger partial charge on any atom is 0.0156 e. The minimum atomic E-state index is 0.465. The zero-order valence-electron chi connectivity index (χ0n) is 13.1. The molecule has 1 aliphatic carbocycles. The molecule has 0 spiro atoms. The smallest absolute Gasteiger partial charge is 0.0156 e. The highest BCUT2D eigenvalue weighted by Crippen LogP contribution is 2.40. The van der Waals surface area contributed by atoms with Crippen molar-refractivity contribution in [2.24, 2.45) is 16.7 Å². The third-order valence-electron chi connectivity index (χ3n) is 5.27. The Balaban J connectivity index is 1.96. The van der Waals surface area contributed by atoms with Gasteiger partial charge < -0.3 is 10.2 Å². The van der Waals surface area contributed by atoms with Crippen molar-refractivity contribution in [1.82, 2.24) is 10.2 Å². The maximum absolute atomic E-state index is 3.61. The van der Waals surface area contributed by atoms with Gasteiger partial charge in [0.1, 0.15) is 0 Å². The van der Waals surface area contributed by atoms with Gasteiger partial charge >= 0.3 is 0 Å². The van der Waals surface area contributed by atoms with Crippen LogP contribution in [0.3, 0.4) is 0 Å². The Morgan fingerprint density at radius 1 is 1.17 bits per heavy atom. The average molecular weight is 252 g/mol. The van der Waals surface area contributed by atoms with Crippen molar-refractivity contribution in [2.45, 2.75) is 59.4 Å². The first-order valence-corrected chi connectivity index (χ1v) is 7.74. The standard InChI is InChI=1S/C16H32N2/c1-15(2)9-10-18(12-15)11-13-7-6-8-16(3,4)14(13)17-5/h13-14,17H,6-12H2,1-5H3. The molecule has 0 bridgehead atoms. The molecule has 0 aromatic carbocycles. The van der Waals surface area contributed by atoms with Crippen molar-refractivity contribution >= 4 is 0 Å². The molecule has 2 nitrogen and oxygen atoms in total. The van der Waals surface area contributed by atoms with Gasteiger partial charge in [0, 0.05) is 19.1 Å². The molecule has 106 valence electrons. The summed E-state index contributed by atoms with van der Waals surface area (Å²) in [5, 5.41) is 3.61. The Morgan fingerprint density at radius 3 is 2.44 bits per heavy atom. The number of nitrogens with one attached hydrogen (secondary N) is 1. The van der Waals surface area contributed by atoms with E-state index in [4.69, 9.17) is 0 Å². The largest absolute Gasteiger partial charge is 0.316 e. The van der Waals surface area contributed by atoms with Crippen molar-refractivity contribution < 1.29 is 0 Å². The summed E-state index contributed by atoms with van der Waals surface area (Å²) < 4.78 is 0. The number of rotatable bonds is 3. The normalized spacial score (nSPS) is 35.8. The van der Waals surface area contributed by atoms with Crippen molar-refractivity contribution in [2.75, 3.05) is 26.7 Å². The summed E-state index contributed by atoms with van der Waals surface area (Å²) in [5.74, 6) is 0.840. The number of hydrogen-bond donors (Lipinski definition) is 1. The molecule has 2 heteroatoms. The number of nitrogens with zero attached hydrogens (tertiary/aromatic N) is 1. The van der Waals surface area contributed by atoms with Gasteiger partial charge in [0.05, 0.1) is 0 Å². The minimum Gasteiger partial charge on any atom is -0.316 e. The summed E-state index contributed by atoms with van der Waals surface area (Å²) in [6, 6.07) is 0.690. The van der Waals surface area contributed by atoms with Crippen LogP contribution in [0.25, 0.3) is 0 Å². The first kappa shape index (κ1) is 14.3. The topological polar surface area (TPSA) is 15.3 Å². The van der Waals surface area contributed by atoms with E-state index in [0.29, 0.717) is 16.9 Å². The second kappa shape index (κ2) is 5.13. The molecule has 1 heterocycles. The van der Waals surface area contributed by atoms with Gasteiger partial charge in [-0.25, -0.2) is 0 Å². The molecule has 2 unspecified atom stereocenters. The Labute approximate surface area is 114 Å². The van der Waals surface area contributed by atoms with Gasteiger partial charge in [-0.2, -0.15) is 0 Å². The van der Waals surface area contributed by atoms with Crippen molar-refractivity contribution in [3.8, 4) is 0 Å². The van der Waals surface area contributed by atoms with E-state index >= 15 is 0 Å². The van der Waals surface area contributed by atoms with Crippen LogP contribution in [0.2, 0.25) is 0 Å². The molecule has 0 amide bonds. The predicted molar refractivity (Wildman–Crippen MR) is 78.8 cm³/mol. The summed E-state index contributed by atoms with van der Waals surface area (Å²) >= 11 is 0. The molecule has 0 aromatic heterocycles. The molecule has 0 radical (unpaired) electrons. The molecule has 1 aliphatic heterocycles. The molecule has 0 aromatic rings. The van der Waals surface area contributed by atoms with Gasteiger partial charge in [-0.3, -0.25) is 0 Å². The third-order valence-corrected chi connectivity index (χ3v) is 5.27. The van der Waals surface area contributed by atoms with Crippen molar-refractivity contribution in [3.05, 3.63) is 0 Å². The SMILES string of the molecule is CNC1C(CN2CCC(C)(C)C2)CCCC1(C)C. The number of hydrogen-bond acceptors (Lipinski definition) is 2. The highest BCUT2D eigenvalue weighted by Gasteiger charge is 2.40. The lowest BCUT2D eigenvalue weighted by Gasteiger charge is -2.45. The fraction of sp³-hybridized carbons (Fsp3) is 1.00. The second-order valence-corrected chi connectivity index (χ2v) is 8.06. The second-order valence-electron chi connectivity index (χ2n) is 8.06. The van der Waals surface area contributed by atoms with E-state index in [9.17, 15) is 0 Å². The maximum atomic E-state index is 3.61. The van der Waals surface area contributed by atoms with Crippen LogP contribution in [-0.4, -0.2) is 37.6 Å². The fourth-order valence-electron chi connectivity index (χ4n) is 4.31. The van der Waals surface area contributed by atoms with Gasteiger partial charge in [-0.15, -0.1) is 0 Å². The molecular weight excluding hydrogens is 220 g/mol. The summed E-state index contributed by atoms with van der Waals surface area (Å²) in [4.78, 5) is 2.70. The molecule has 2 fully saturated rings. The van der Waals surface area contributed by atoms with E-state index in [1.54, 1.807) is 0 Å². The van der Waals surface area contributed by atoms with Gasteiger partial charge in [0.25, 0.3) is 0 Å². The van der Waals surface area contributed by atoms with Crippen LogP contribution < -0.4 is 5.32 Å². The van der Waals surface area contributed by atoms with Crippen LogP contribution >= 0.6 is 0 Å². The Hall–Kier alpha value is -0.0800. The summed E-state index contributed by atoms with van der Waals surface area (Å²) in [6.45, 7) is 13.6. The Bertz CT molecular complexity index is 283. The fourth-order valence-corrected chi connectivity index (χ4v) is 4.31. The molecule has 2 aliphatic rings. The van der Waals surface area contributed by atoms with E-state index < -0.39 is 0 Å². The van der Waals surface area contributed by atoms with Crippen LogP contribution in [0.1, 0.15) is 53.4 Å². The summed E-state index contributed by atoms with van der Waals surface area (Å²) in [5.41, 5.74) is 1.01. The molecular formula is C16H32N2. The lowest BCUT2D eigenvalue weighted by atomic mass is 9.68. The summed E-state index contributed by atoms with van der Waals surface area (Å²) in [7, 11) is 2.15. The van der Waals surface area contributed by atoms with Gasteiger partial charge in [-0.1, -0.05) is 34.1 Å². The molecule has 1 N–H and O–H groups in total. The molecule has 1 saturated heterocycles. The van der Waals surface area contributed by atoms with Crippen molar-refractivity contribution in [3.63, 3.8) is 0 Å². The zero-order valence-corrected chi connectivity index (χ0v) is 13.1. The van der Waals surface area contributed by atoms with Crippen LogP contribution in [0.5, 0.6) is 0 Å². The first-order chi connectivity index (χ1) is 8.34. The van der Waals surface area contributed by atoms with E-state index in [1.165, 1.54) is 45.3 Å². The molecule has 18 heavy (non-hydrogen) atoms. The van der Waals surface area contributed by atoms with E-state index in [2.05, 4.69) is 45.0 Å². The predicted octanol–water partition coefficient (Wildman–Crippen LogP) is 3.13. The van der Waals surface area contributed by atoms with E-state index in [-0.39, 0.29) is 0 Å². The third kappa shape index (κ3) is 3.08. The summed E-state index contributed by atoms with van der Waals surface area (Å²) in [6.07, 6.45) is 5.56. The first-order valence-electron chi connectivity index (χ1n) is 7.74. The lowest BCUT2D eigenvalue weighted by molar-refractivity contribution is 0.0876.